The van der Waals surface area contributed by atoms with Crippen LogP contribution in [0.15, 0.2) is 47.8 Å². The third-order valence-corrected chi connectivity index (χ3v) is 3.92. The number of thiophene rings is 1. The van der Waals surface area contributed by atoms with Crippen molar-refractivity contribution in [3.8, 4) is 0 Å². The van der Waals surface area contributed by atoms with Crippen molar-refractivity contribution in [1.29, 1.82) is 0 Å². The van der Waals surface area contributed by atoms with E-state index in [4.69, 9.17) is 0 Å². The highest BCUT2D eigenvalue weighted by Gasteiger charge is 2.09. The van der Waals surface area contributed by atoms with Gasteiger partial charge < -0.3 is 10.0 Å². The fraction of sp³-hybridized carbons (Fsp3) is 0.333. The van der Waals surface area contributed by atoms with E-state index in [1.807, 2.05) is 23.6 Å². The van der Waals surface area contributed by atoms with Crippen LogP contribution in [0, 0.1) is 0 Å². The summed E-state index contributed by atoms with van der Waals surface area (Å²) in [7, 11) is 2.09. The lowest BCUT2D eigenvalue weighted by Crippen LogP contribution is -2.20. The molecule has 96 valence electrons. The number of hydrogen-bond acceptors (Lipinski definition) is 3. The molecule has 1 aromatic heterocycles. The van der Waals surface area contributed by atoms with E-state index in [-0.39, 0.29) is 6.10 Å². The molecule has 2 nitrogen and oxygen atoms in total. The maximum atomic E-state index is 10.0. The Morgan fingerprint density at radius 1 is 1.17 bits per heavy atom. The molecule has 18 heavy (non-hydrogen) atoms. The van der Waals surface area contributed by atoms with Crippen molar-refractivity contribution in [1.82, 2.24) is 4.90 Å². The van der Waals surface area contributed by atoms with Crippen LogP contribution in [0.25, 0.3) is 0 Å². The van der Waals surface area contributed by atoms with E-state index >= 15 is 0 Å². The van der Waals surface area contributed by atoms with Gasteiger partial charge in [-0.2, -0.15) is 0 Å². The predicted molar refractivity (Wildman–Crippen MR) is 76.7 cm³/mol. The quantitative estimate of drug-likeness (QED) is 0.862. The Bertz CT molecular complexity index is 441. The fourth-order valence-corrected chi connectivity index (χ4v) is 2.69. The zero-order valence-corrected chi connectivity index (χ0v) is 11.4. The van der Waals surface area contributed by atoms with Crippen LogP contribution in [-0.4, -0.2) is 23.6 Å². The van der Waals surface area contributed by atoms with E-state index < -0.39 is 0 Å². The lowest BCUT2D eigenvalue weighted by atomic mass is 10.2. The van der Waals surface area contributed by atoms with Gasteiger partial charge >= 0.3 is 0 Å². The highest BCUT2D eigenvalue weighted by atomic mass is 32.1. The van der Waals surface area contributed by atoms with Crippen molar-refractivity contribution >= 4 is 11.3 Å². The molecule has 0 bridgehead atoms. The van der Waals surface area contributed by atoms with E-state index in [0.717, 1.165) is 24.4 Å². The molecule has 3 heteroatoms. The summed E-state index contributed by atoms with van der Waals surface area (Å²) >= 11 is 1.62. The third kappa shape index (κ3) is 3.95. The van der Waals surface area contributed by atoms with E-state index in [1.165, 1.54) is 5.56 Å². The topological polar surface area (TPSA) is 23.5 Å². The second-order valence-electron chi connectivity index (χ2n) is 4.54. The van der Waals surface area contributed by atoms with Crippen molar-refractivity contribution in [2.45, 2.75) is 19.1 Å². The van der Waals surface area contributed by atoms with Crippen LogP contribution in [0.3, 0.4) is 0 Å². The molecule has 0 saturated carbocycles. The standard InChI is InChI=1S/C15H19NOS/c1-16(12-13-6-3-2-4-7-13)10-9-14(17)15-8-5-11-18-15/h2-8,11,14,17H,9-10,12H2,1H3/t14-/m1/s1. The number of rotatable bonds is 6. The Labute approximate surface area is 113 Å². The Morgan fingerprint density at radius 3 is 2.61 bits per heavy atom. The van der Waals surface area contributed by atoms with Gasteiger partial charge in [0.15, 0.2) is 0 Å². The molecule has 0 saturated heterocycles. The number of aliphatic hydroxyl groups excluding tert-OH is 1. The molecule has 0 aliphatic rings. The van der Waals surface area contributed by atoms with Gasteiger partial charge in [-0.05, 0) is 30.5 Å². The Balaban J connectivity index is 1.77. The molecule has 2 aromatic rings. The van der Waals surface area contributed by atoms with E-state index in [9.17, 15) is 5.11 Å². The Morgan fingerprint density at radius 2 is 1.94 bits per heavy atom. The van der Waals surface area contributed by atoms with E-state index in [0.29, 0.717) is 0 Å². The summed E-state index contributed by atoms with van der Waals surface area (Å²) in [6.07, 6.45) is 0.451. The van der Waals surface area contributed by atoms with Gasteiger partial charge in [-0.1, -0.05) is 36.4 Å². The van der Waals surface area contributed by atoms with Crippen LogP contribution >= 0.6 is 11.3 Å². The molecule has 2 rings (SSSR count). The summed E-state index contributed by atoms with van der Waals surface area (Å²) < 4.78 is 0. The average molecular weight is 261 g/mol. The van der Waals surface area contributed by atoms with Crippen LogP contribution in [0.1, 0.15) is 23.0 Å². The first-order valence-corrected chi connectivity index (χ1v) is 7.07. The largest absolute Gasteiger partial charge is 0.388 e. The van der Waals surface area contributed by atoms with E-state index in [2.05, 4.69) is 36.2 Å². The molecule has 0 amide bonds. The third-order valence-electron chi connectivity index (χ3n) is 2.95. The fourth-order valence-electron chi connectivity index (χ4n) is 1.94. The van der Waals surface area contributed by atoms with Gasteiger partial charge in [0.2, 0.25) is 0 Å². The molecule has 0 aliphatic carbocycles. The molecule has 0 radical (unpaired) electrons. The number of nitrogens with zero attached hydrogens (tertiary/aromatic N) is 1. The van der Waals surface area contributed by atoms with Crippen molar-refractivity contribution in [3.63, 3.8) is 0 Å². The first kappa shape index (κ1) is 13.3. The molecule has 1 N–H and O–H groups in total. The van der Waals surface area contributed by atoms with Gasteiger partial charge in [-0.3, -0.25) is 0 Å². The van der Waals surface area contributed by atoms with Crippen molar-refractivity contribution < 1.29 is 5.11 Å². The SMILES string of the molecule is CN(CC[C@@H](O)c1cccs1)Cc1ccccc1. The summed E-state index contributed by atoms with van der Waals surface area (Å²) in [6.45, 7) is 1.83. The lowest BCUT2D eigenvalue weighted by Gasteiger charge is -2.18. The maximum absolute atomic E-state index is 10.0. The minimum Gasteiger partial charge on any atom is -0.388 e. The minimum absolute atomic E-state index is 0.330. The average Bonchev–Trinajstić information content (AvgIpc) is 2.91. The molecule has 0 aliphatic heterocycles. The van der Waals surface area contributed by atoms with Crippen LogP contribution in [0.5, 0.6) is 0 Å². The van der Waals surface area contributed by atoms with Gasteiger partial charge in [0.1, 0.15) is 0 Å². The van der Waals surface area contributed by atoms with Crippen LogP contribution < -0.4 is 0 Å². The molecule has 0 fully saturated rings. The number of hydrogen-bond donors (Lipinski definition) is 1. The minimum atomic E-state index is -0.330. The summed E-state index contributed by atoms with van der Waals surface area (Å²) in [5.74, 6) is 0. The van der Waals surface area contributed by atoms with Crippen molar-refractivity contribution in [3.05, 3.63) is 58.3 Å². The molecule has 1 atom stereocenters. The van der Waals surface area contributed by atoms with Crippen LogP contribution in [-0.2, 0) is 6.54 Å². The molecule has 0 spiro atoms. The molecule has 0 unspecified atom stereocenters. The summed E-state index contributed by atoms with van der Waals surface area (Å²) in [4.78, 5) is 3.30. The first-order valence-electron chi connectivity index (χ1n) is 6.19. The summed E-state index contributed by atoms with van der Waals surface area (Å²) in [6, 6.07) is 14.4. The Kier molecular flexibility index (Phi) is 4.93. The van der Waals surface area contributed by atoms with Gasteiger partial charge in [0.25, 0.3) is 0 Å². The second-order valence-corrected chi connectivity index (χ2v) is 5.52. The zero-order valence-electron chi connectivity index (χ0n) is 10.6. The number of benzene rings is 1. The summed E-state index contributed by atoms with van der Waals surface area (Å²) in [5.41, 5.74) is 1.31. The number of aliphatic hydroxyl groups is 1. The van der Waals surface area contributed by atoms with E-state index in [1.54, 1.807) is 11.3 Å². The maximum Gasteiger partial charge on any atom is 0.0894 e. The molecule has 1 heterocycles. The Hall–Kier alpha value is -1.16. The molecule has 1 aromatic carbocycles. The monoisotopic (exact) mass is 261 g/mol. The predicted octanol–water partition coefficient (Wildman–Crippen LogP) is 3.30. The van der Waals surface area contributed by atoms with Crippen molar-refractivity contribution in [2.75, 3.05) is 13.6 Å². The zero-order chi connectivity index (χ0) is 12.8. The summed E-state index contributed by atoms with van der Waals surface area (Å²) in [5, 5.41) is 12.0. The smallest absolute Gasteiger partial charge is 0.0894 e. The van der Waals surface area contributed by atoms with Gasteiger partial charge in [0, 0.05) is 18.0 Å². The van der Waals surface area contributed by atoms with Crippen LogP contribution in [0.2, 0.25) is 0 Å². The lowest BCUT2D eigenvalue weighted by molar-refractivity contribution is 0.151. The molecular formula is C15H19NOS. The van der Waals surface area contributed by atoms with Gasteiger partial charge in [-0.15, -0.1) is 11.3 Å². The van der Waals surface area contributed by atoms with Gasteiger partial charge in [-0.25, -0.2) is 0 Å². The van der Waals surface area contributed by atoms with Crippen molar-refractivity contribution in [2.24, 2.45) is 0 Å². The highest BCUT2D eigenvalue weighted by molar-refractivity contribution is 7.10. The highest BCUT2D eigenvalue weighted by Crippen LogP contribution is 2.21. The van der Waals surface area contributed by atoms with Gasteiger partial charge in [0.05, 0.1) is 6.10 Å². The normalized spacial score (nSPS) is 12.8. The second kappa shape index (κ2) is 6.69. The molecular weight excluding hydrogens is 242 g/mol. The van der Waals surface area contributed by atoms with Crippen LogP contribution in [0.4, 0.5) is 0 Å². The first-order chi connectivity index (χ1) is 8.75.